The third-order valence-electron chi connectivity index (χ3n) is 0. The monoisotopic (exact) mass is 204 g/mol. The maximum absolute atomic E-state index is 0. The predicted octanol–water partition coefficient (Wildman–Crippen LogP) is -2.42. The van der Waals surface area contributed by atoms with Gasteiger partial charge >= 0.3 is 80.8 Å². The first-order chi connectivity index (χ1) is 0. The molecule has 0 amide bonds. The van der Waals surface area contributed by atoms with E-state index in [4.69, 9.17) is 0 Å². The molecular weight excluding hydrogens is 195 g/mol. The summed E-state index contributed by atoms with van der Waals surface area (Å²) in [6, 6.07) is 0. The summed E-state index contributed by atoms with van der Waals surface area (Å²) in [5.74, 6) is 0. The quantitative estimate of drug-likeness (QED) is 0.403. The Bertz CT molecular complexity index is 17.6. The zero-order valence-electron chi connectivity index (χ0n) is 4.86. The largest absolute Gasteiger partial charge is 3.00 e. The maximum atomic E-state index is 0. The predicted molar refractivity (Wildman–Crippen MR) is 41.1 cm³/mol. The van der Waals surface area contributed by atoms with E-state index in [1.807, 2.05) is 0 Å². The van der Waals surface area contributed by atoms with Gasteiger partial charge in [-0.25, -0.2) is 0 Å². The summed E-state index contributed by atoms with van der Waals surface area (Å²) < 4.78 is 0. The van der Waals surface area contributed by atoms with Crippen LogP contribution < -0.4 is 0 Å². The second kappa shape index (κ2) is 214. The Kier molecular flexibility index (Phi) is 6010. The molecule has 0 radical (unpaired) electrons. The molecule has 0 aliphatic heterocycles. The van der Waals surface area contributed by atoms with Gasteiger partial charge in [0.05, 0.1) is 0 Å². The van der Waals surface area contributed by atoms with Crippen LogP contribution >= 0.6 is 0 Å². The molecule has 0 aromatic rings. The van der Waals surface area contributed by atoms with Crippen LogP contribution in [0.25, 0.3) is 0 Å². The van der Waals surface area contributed by atoms with Gasteiger partial charge in [0, 0.05) is 0 Å². The molecule has 6 N–H and O–H groups in total. The smallest absolute Gasteiger partial charge is 0.870 e. The van der Waals surface area contributed by atoms with E-state index in [9.17, 15) is 0 Å². The Labute approximate surface area is 114 Å². The first-order valence-corrected chi connectivity index (χ1v) is 0. The van der Waals surface area contributed by atoms with Crippen LogP contribution in [0, 0.1) is 0 Å². The summed E-state index contributed by atoms with van der Waals surface area (Å²) in [4.78, 5) is 0. The van der Waals surface area contributed by atoms with Crippen molar-refractivity contribution in [1.82, 2.24) is 0 Å². The van der Waals surface area contributed by atoms with Gasteiger partial charge in [-0.2, -0.15) is 0 Å². The molecular formula is CH10Al2Mg2O5+6. The van der Waals surface area contributed by atoms with Crippen LogP contribution in [-0.2, 0) is 0 Å². The molecule has 0 fully saturated rings. The summed E-state index contributed by atoms with van der Waals surface area (Å²) in [6.45, 7) is 0. The van der Waals surface area contributed by atoms with Crippen molar-refractivity contribution < 1.29 is 27.4 Å². The van der Waals surface area contributed by atoms with E-state index in [0.717, 1.165) is 0 Å². The van der Waals surface area contributed by atoms with Crippen LogP contribution in [0.15, 0.2) is 0 Å². The van der Waals surface area contributed by atoms with Crippen molar-refractivity contribution in [3.63, 3.8) is 0 Å². The van der Waals surface area contributed by atoms with Gasteiger partial charge in [0.15, 0.2) is 0 Å². The molecule has 0 bridgehead atoms. The van der Waals surface area contributed by atoms with E-state index in [1.54, 1.807) is 0 Å². The third kappa shape index (κ3) is 160. The minimum absolute atomic E-state index is 0. The van der Waals surface area contributed by atoms with E-state index < -0.39 is 0 Å². The Balaban J connectivity index is 0. The minimum Gasteiger partial charge on any atom is -0.870 e. The first kappa shape index (κ1) is 280. The van der Waals surface area contributed by atoms with Crippen LogP contribution in [0.4, 0.5) is 0 Å². The van der Waals surface area contributed by atoms with E-state index in [-0.39, 0.29) is 116 Å². The van der Waals surface area contributed by atoms with Crippen molar-refractivity contribution in [3.05, 3.63) is 0 Å². The molecule has 0 spiro atoms. The molecule has 0 saturated carbocycles. The summed E-state index contributed by atoms with van der Waals surface area (Å²) in [5, 5.41) is 0. The first-order valence-electron chi connectivity index (χ1n) is 0. The van der Waals surface area contributed by atoms with Crippen molar-refractivity contribution >= 4 is 80.8 Å². The van der Waals surface area contributed by atoms with Crippen LogP contribution in [0.5, 0.6) is 0 Å². The van der Waals surface area contributed by atoms with Crippen LogP contribution in [-0.4, -0.2) is 108 Å². The molecule has 0 saturated heterocycles. The van der Waals surface area contributed by atoms with Gasteiger partial charge in [-0.1, -0.05) is 7.43 Å². The van der Waals surface area contributed by atoms with Gasteiger partial charge in [0.1, 0.15) is 0 Å². The summed E-state index contributed by atoms with van der Waals surface area (Å²) in [5.41, 5.74) is 0. The van der Waals surface area contributed by atoms with E-state index >= 15 is 0 Å². The SMILES string of the molecule is C.O.[Al+3].[Al+3].[Mg+2].[Mg+2].[OH-].[OH-].[OH-].[OH-]. The van der Waals surface area contributed by atoms with Gasteiger partial charge in [0.25, 0.3) is 0 Å². The Hall–Kier alpha value is 2.40. The molecule has 0 aromatic carbocycles. The molecule has 48 valence electrons. The van der Waals surface area contributed by atoms with E-state index in [2.05, 4.69) is 0 Å². The Morgan fingerprint density at radius 2 is 0.500 bits per heavy atom. The molecule has 0 aliphatic carbocycles. The second-order valence-electron chi connectivity index (χ2n) is 0. The topological polar surface area (TPSA) is 152 Å². The minimum atomic E-state index is 0. The molecule has 10 heavy (non-hydrogen) atoms. The fourth-order valence-electron chi connectivity index (χ4n) is 0. The van der Waals surface area contributed by atoms with Gasteiger partial charge in [-0.3, -0.25) is 0 Å². The molecule has 0 aromatic heterocycles. The van der Waals surface area contributed by atoms with Crippen molar-refractivity contribution in [2.24, 2.45) is 0 Å². The van der Waals surface area contributed by atoms with E-state index in [0.29, 0.717) is 0 Å². The Morgan fingerprint density at radius 3 is 0.500 bits per heavy atom. The van der Waals surface area contributed by atoms with Gasteiger partial charge in [-0.15, -0.1) is 0 Å². The Morgan fingerprint density at radius 1 is 0.500 bits per heavy atom. The molecule has 0 atom stereocenters. The number of hydrogen-bond acceptors (Lipinski definition) is 4. The van der Waals surface area contributed by atoms with Gasteiger partial charge < -0.3 is 27.4 Å². The van der Waals surface area contributed by atoms with Crippen LogP contribution in [0.3, 0.4) is 0 Å². The van der Waals surface area contributed by atoms with Crippen molar-refractivity contribution in [2.45, 2.75) is 7.43 Å². The van der Waals surface area contributed by atoms with Gasteiger partial charge in [0.2, 0.25) is 0 Å². The zero-order chi connectivity index (χ0) is 0. The maximum Gasteiger partial charge on any atom is 3.00 e. The van der Waals surface area contributed by atoms with Crippen molar-refractivity contribution in [3.8, 4) is 0 Å². The normalized spacial score (nSPS) is 0. The summed E-state index contributed by atoms with van der Waals surface area (Å²) in [6.07, 6.45) is 0. The zero-order valence-corrected chi connectivity index (χ0v) is 10.00. The fraction of sp³-hybridized carbons (Fsp3) is 1.00. The second-order valence-corrected chi connectivity index (χ2v) is 0. The average molecular weight is 205 g/mol. The summed E-state index contributed by atoms with van der Waals surface area (Å²) >= 11 is 0. The van der Waals surface area contributed by atoms with E-state index in [1.165, 1.54) is 0 Å². The molecule has 0 rings (SSSR count). The molecule has 5 nitrogen and oxygen atoms in total. The molecule has 0 unspecified atom stereocenters. The number of rotatable bonds is 0. The summed E-state index contributed by atoms with van der Waals surface area (Å²) in [7, 11) is 0. The molecule has 0 heterocycles. The van der Waals surface area contributed by atoms with Crippen molar-refractivity contribution in [2.75, 3.05) is 0 Å². The average Bonchev–Trinajstić information content (AvgIpc) is 0. The van der Waals surface area contributed by atoms with Crippen LogP contribution in [0.1, 0.15) is 7.43 Å². The number of hydrogen-bond donors (Lipinski definition) is 0. The standard InChI is InChI=1S/CH4.2Al.2Mg.5H2O/h1H4;;;;;5*1H2/q;2*+3;2*+2;;;;;/p-4. The van der Waals surface area contributed by atoms with Crippen molar-refractivity contribution in [1.29, 1.82) is 0 Å². The molecule has 0 aliphatic rings. The van der Waals surface area contributed by atoms with Crippen LogP contribution in [0.2, 0.25) is 0 Å². The fourth-order valence-corrected chi connectivity index (χ4v) is 0. The third-order valence-corrected chi connectivity index (χ3v) is 0. The molecule has 9 heteroatoms. The van der Waals surface area contributed by atoms with Gasteiger partial charge in [-0.05, 0) is 0 Å².